The fourth-order valence-corrected chi connectivity index (χ4v) is 3.22. The summed E-state index contributed by atoms with van der Waals surface area (Å²) in [5, 5.41) is 5.22. The quantitative estimate of drug-likeness (QED) is 0.401. The van der Waals surface area contributed by atoms with Crippen LogP contribution in [-0.2, 0) is 14.8 Å². The molecule has 1 aliphatic heterocycles. The standard InChI is InChI=1S/C17H13ClN4O4S/c18-11-3-1-10(2-4-11)15(23)9-14-16(24)21-17(20-14)22-27(25,26)13-7-5-12(19)6-8-13/h1-9H,19H2,(H2,20,21,22,24)/b14-9-. The highest BCUT2D eigenvalue weighted by Crippen LogP contribution is 2.15. The second-order valence-corrected chi connectivity index (χ2v) is 7.53. The first-order chi connectivity index (χ1) is 12.7. The molecular weight excluding hydrogens is 392 g/mol. The molecule has 1 saturated heterocycles. The van der Waals surface area contributed by atoms with Crippen molar-refractivity contribution < 1.29 is 18.0 Å². The van der Waals surface area contributed by atoms with Crippen LogP contribution in [0.4, 0.5) is 5.69 Å². The third kappa shape index (κ3) is 4.33. The van der Waals surface area contributed by atoms with E-state index in [4.69, 9.17) is 17.3 Å². The van der Waals surface area contributed by atoms with Gasteiger partial charge in [-0.15, -0.1) is 4.40 Å². The normalized spacial score (nSPS) is 17.0. The molecule has 0 unspecified atom stereocenters. The van der Waals surface area contributed by atoms with Crippen molar-refractivity contribution in [1.82, 2.24) is 10.6 Å². The Bertz CT molecular complexity index is 1070. The minimum Gasteiger partial charge on any atom is -0.399 e. The van der Waals surface area contributed by atoms with E-state index in [1.807, 2.05) is 0 Å². The predicted molar refractivity (Wildman–Crippen MR) is 101 cm³/mol. The van der Waals surface area contributed by atoms with Gasteiger partial charge in [-0.2, -0.15) is 8.42 Å². The van der Waals surface area contributed by atoms with Gasteiger partial charge in [0.15, 0.2) is 5.78 Å². The fraction of sp³-hybridized carbons (Fsp3) is 0. The Morgan fingerprint density at radius 1 is 1.04 bits per heavy atom. The molecular formula is C17H13ClN4O4S. The van der Waals surface area contributed by atoms with Crippen LogP contribution in [-0.4, -0.2) is 26.1 Å². The molecule has 0 spiro atoms. The monoisotopic (exact) mass is 404 g/mol. The molecule has 10 heteroatoms. The number of hydrogen-bond donors (Lipinski definition) is 3. The molecule has 4 N–H and O–H groups in total. The maximum Gasteiger partial charge on any atom is 0.285 e. The van der Waals surface area contributed by atoms with E-state index in [9.17, 15) is 18.0 Å². The van der Waals surface area contributed by atoms with Crippen molar-refractivity contribution in [2.75, 3.05) is 5.73 Å². The summed E-state index contributed by atoms with van der Waals surface area (Å²) >= 11 is 5.77. The third-order valence-corrected chi connectivity index (χ3v) is 5.07. The maximum absolute atomic E-state index is 12.3. The number of halogens is 1. The van der Waals surface area contributed by atoms with Gasteiger partial charge in [0.05, 0.1) is 4.90 Å². The number of rotatable bonds is 4. The van der Waals surface area contributed by atoms with E-state index in [2.05, 4.69) is 15.0 Å². The number of amides is 1. The molecule has 1 fully saturated rings. The number of benzene rings is 2. The molecule has 0 radical (unpaired) electrons. The summed E-state index contributed by atoms with van der Waals surface area (Å²) < 4.78 is 28.1. The molecule has 1 heterocycles. The van der Waals surface area contributed by atoms with Crippen molar-refractivity contribution in [2.45, 2.75) is 4.90 Å². The van der Waals surface area contributed by atoms with Gasteiger partial charge in [0.25, 0.3) is 15.9 Å². The van der Waals surface area contributed by atoms with Crippen LogP contribution < -0.4 is 16.4 Å². The number of nitrogens with zero attached hydrogens (tertiary/aromatic N) is 1. The summed E-state index contributed by atoms with van der Waals surface area (Å²) in [6.07, 6.45) is 1.05. The number of nitrogens with two attached hydrogens (primary N) is 1. The van der Waals surface area contributed by atoms with E-state index in [1.165, 1.54) is 36.4 Å². The minimum atomic E-state index is -4.06. The first kappa shape index (κ1) is 18.6. The van der Waals surface area contributed by atoms with Crippen LogP contribution >= 0.6 is 11.6 Å². The van der Waals surface area contributed by atoms with Gasteiger partial charge in [0, 0.05) is 22.3 Å². The molecule has 0 saturated carbocycles. The lowest BCUT2D eigenvalue weighted by Gasteiger charge is -2.01. The van der Waals surface area contributed by atoms with Crippen molar-refractivity contribution in [1.29, 1.82) is 0 Å². The van der Waals surface area contributed by atoms with E-state index in [0.717, 1.165) is 6.08 Å². The van der Waals surface area contributed by atoms with Crippen LogP contribution in [0.3, 0.4) is 0 Å². The SMILES string of the molecule is Nc1ccc(S(=O)(=O)/N=C2\NC(=O)/C(=C/C(=O)c3ccc(Cl)cc3)N2)cc1. The third-order valence-electron chi connectivity index (χ3n) is 3.52. The van der Waals surface area contributed by atoms with Crippen LogP contribution in [0.5, 0.6) is 0 Å². The molecule has 0 aliphatic carbocycles. The number of carbonyl (C=O) groups is 2. The first-order valence-corrected chi connectivity index (χ1v) is 9.37. The lowest BCUT2D eigenvalue weighted by molar-refractivity contribution is -0.115. The van der Waals surface area contributed by atoms with Gasteiger partial charge in [-0.05, 0) is 48.5 Å². The summed E-state index contributed by atoms with van der Waals surface area (Å²) in [6.45, 7) is 0. The average molecular weight is 405 g/mol. The smallest absolute Gasteiger partial charge is 0.285 e. The second kappa shape index (κ2) is 7.22. The minimum absolute atomic E-state index is 0.0880. The molecule has 1 amide bonds. The Labute approximate surface area is 159 Å². The molecule has 0 aromatic heterocycles. The Kier molecular flexibility index (Phi) is 4.98. The summed E-state index contributed by atoms with van der Waals surface area (Å²) in [5.74, 6) is -1.43. The van der Waals surface area contributed by atoms with E-state index < -0.39 is 21.7 Å². The Morgan fingerprint density at radius 2 is 1.67 bits per heavy atom. The Balaban J connectivity index is 1.82. The lowest BCUT2D eigenvalue weighted by atomic mass is 10.1. The fourth-order valence-electron chi connectivity index (χ4n) is 2.18. The van der Waals surface area contributed by atoms with Crippen molar-refractivity contribution >= 4 is 45.0 Å². The number of guanidine groups is 1. The Morgan fingerprint density at radius 3 is 2.30 bits per heavy atom. The zero-order valence-electron chi connectivity index (χ0n) is 13.6. The van der Waals surface area contributed by atoms with Crippen LogP contribution in [0.25, 0.3) is 0 Å². The molecule has 2 aromatic rings. The van der Waals surface area contributed by atoms with Crippen molar-refractivity contribution in [3.8, 4) is 0 Å². The van der Waals surface area contributed by atoms with Gasteiger partial charge in [-0.25, -0.2) is 0 Å². The summed E-state index contributed by atoms with van der Waals surface area (Å²) in [7, 11) is -4.06. The van der Waals surface area contributed by atoms with Gasteiger partial charge in [-0.1, -0.05) is 11.6 Å². The molecule has 0 bridgehead atoms. The van der Waals surface area contributed by atoms with E-state index in [-0.39, 0.29) is 16.6 Å². The molecule has 27 heavy (non-hydrogen) atoms. The average Bonchev–Trinajstić information content (AvgIpc) is 2.94. The second-order valence-electron chi connectivity index (χ2n) is 5.49. The van der Waals surface area contributed by atoms with Gasteiger partial charge >= 0.3 is 0 Å². The molecule has 1 aliphatic rings. The van der Waals surface area contributed by atoms with E-state index in [0.29, 0.717) is 16.3 Å². The molecule has 3 rings (SSSR count). The molecule has 8 nitrogen and oxygen atoms in total. The number of allylic oxidation sites excluding steroid dienone is 1. The predicted octanol–water partition coefficient (Wildman–Crippen LogP) is 1.45. The number of nitrogen functional groups attached to an aromatic ring is 1. The van der Waals surface area contributed by atoms with Crippen LogP contribution in [0.2, 0.25) is 5.02 Å². The van der Waals surface area contributed by atoms with Crippen molar-refractivity contribution in [3.05, 3.63) is 70.9 Å². The van der Waals surface area contributed by atoms with Crippen LogP contribution in [0.1, 0.15) is 10.4 Å². The maximum atomic E-state index is 12.3. The van der Waals surface area contributed by atoms with Crippen LogP contribution in [0.15, 0.2) is 69.6 Å². The molecule has 138 valence electrons. The lowest BCUT2D eigenvalue weighted by Crippen LogP contribution is -2.26. The van der Waals surface area contributed by atoms with Gasteiger partial charge in [-0.3, -0.25) is 14.9 Å². The van der Waals surface area contributed by atoms with E-state index >= 15 is 0 Å². The number of carbonyl (C=O) groups excluding carboxylic acids is 2. The number of hydrogen-bond acceptors (Lipinski definition) is 5. The number of nitrogens with one attached hydrogen (secondary N) is 2. The van der Waals surface area contributed by atoms with Gasteiger partial charge in [0.2, 0.25) is 5.96 Å². The van der Waals surface area contributed by atoms with E-state index in [1.54, 1.807) is 12.1 Å². The zero-order chi connectivity index (χ0) is 19.6. The summed E-state index contributed by atoms with van der Waals surface area (Å²) in [4.78, 5) is 24.1. The number of anilines is 1. The topological polar surface area (TPSA) is 131 Å². The number of ketones is 1. The Hall–Kier alpha value is -3.17. The first-order valence-electron chi connectivity index (χ1n) is 7.55. The summed E-state index contributed by atoms with van der Waals surface area (Å²) in [5.41, 5.74) is 6.13. The van der Waals surface area contributed by atoms with Crippen molar-refractivity contribution in [3.63, 3.8) is 0 Å². The zero-order valence-corrected chi connectivity index (χ0v) is 15.2. The largest absolute Gasteiger partial charge is 0.399 e. The highest BCUT2D eigenvalue weighted by Gasteiger charge is 2.25. The van der Waals surface area contributed by atoms with Gasteiger partial charge in [0.1, 0.15) is 5.70 Å². The molecule has 0 atom stereocenters. The molecule has 2 aromatic carbocycles. The van der Waals surface area contributed by atoms with Gasteiger partial charge < -0.3 is 11.1 Å². The summed E-state index contributed by atoms with van der Waals surface area (Å²) in [6, 6.07) is 11.5. The highest BCUT2D eigenvalue weighted by atomic mass is 35.5. The highest BCUT2D eigenvalue weighted by molar-refractivity contribution is 7.90. The van der Waals surface area contributed by atoms with Crippen LogP contribution in [0, 0.1) is 0 Å². The van der Waals surface area contributed by atoms with Crippen molar-refractivity contribution in [2.24, 2.45) is 4.40 Å². The number of sulfonamides is 1.